The zero-order valence-corrected chi connectivity index (χ0v) is 16.3. The molecule has 1 saturated heterocycles. The van der Waals surface area contributed by atoms with E-state index in [1.54, 1.807) is 11.1 Å². The van der Waals surface area contributed by atoms with Gasteiger partial charge < -0.3 is 20.4 Å². The normalized spacial score (nSPS) is 15.5. The van der Waals surface area contributed by atoms with E-state index in [-0.39, 0.29) is 5.69 Å². The summed E-state index contributed by atoms with van der Waals surface area (Å²) in [6, 6.07) is 8.65. The first-order valence-corrected chi connectivity index (χ1v) is 9.43. The molecule has 2 heterocycles. The maximum Gasteiger partial charge on any atom is 0.416 e. The van der Waals surface area contributed by atoms with Crippen LogP contribution in [0.2, 0.25) is 0 Å². The monoisotopic (exact) mass is 421 g/mol. The Morgan fingerprint density at radius 1 is 1.07 bits per heavy atom. The summed E-state index contributed by atoms with van der Waals surface area (Å²) in [5.41, 5.74) is -0.845. The van der Waals surface area contributed by atoms with E-state index in [0.29, 0.717) is 26.2 Å². The number of alkyl halides is 3. The van der Waals surface area contributed by atoms with Crippen molar-refractivity contribution < 1.29 is 22.8 Å². The summed E-state index contributed by atoms with van der Waals surface area (Å²) in [5.74, 6) is 0.237. The lowest BCUT2D eigenvalue weighted by Gasteiger charge is -2.35. The Hall–Kier alpha value is -3.30. The van der Waals surface area contributed by atoms with Crippen molar-refractivity contribution in [2.24, 2.45) is 0 Å². The predicted octanol–water partition coefficient (Wildman–Crippen LogP) is 2.96. The van der Waals surface area contributed by atoms with Gasteiger partial charge >= 0.3 is 12.2 Å². The highest BCUT2D eigenvalue weighted by Gasteiger charge is 2.31. The molecule has 160 valence electrons. The summed E-state index contributed by atoms with van der Waals surface area (Å²) in [6.45, 7) is 3.62. The van der Waals surface area contributed by atoms with Gasteiger partial charge in [-0.15, -0.1) is 0 Å². The molecular formula is C20H22F3N5O2. The Bertz CT molecular complexity index is 884. The first-order valence-electron chi connectivity index (χ1n) is 9.43. The van der Waals surface area contributed by atoms with Gasteiger partial charge in [0.1, 0.15) is 11.9 Å². The summed E-state index contributed by atoms with van der Waals surface area (Å²) in [5, 5.41) is 4.99. The number of piperazine rings is 1. The molecule has 3 amide bonds. The van der Waals surface area contributed by atoms with Crippen LogP contribution in [0.5, 0.6) is 0 Å². The van der Waals surface area contributed by atoms with E-state index < -0.39 is 29.7 Å². The van der Waals surface area contributed by atoms with E-state index >= 15 is 0 Å². The van der Waals surface area contributed by atoms with E-state index in [1.807, 2.05) is 18.2 Å². The number of aromatic nitrogens is 1. The minimum Gasteiger partial charge on any atom is -0.353 e. The lowest BCUT2D eigenvalue weighted by Crippen LogP contribution is -2.54. The van der Waals surface area contributed by atoms with Gasteiger partial charge in [-0.2, -0.15) is 13.2 Å². The van der Waals surface area contributed by atoms with E-state index in [4.69, 9.17) is 0 Å². The Labute approximate surface area is 171 Å². The fourth-order valence-electron chi connectivity index (χ4n) is 3.05. The first kappa shape index (κ1) is 21.4. The van der Waals surface area contributed by atoms with E-state index in [2.05, 4.69) is 20.5 Å². The highest BCUT2D eigenvalue weighted by molar-refractivity contribution is 5.96. The molecule has 0 spiro atoms. The highest BCUT2D eigenvalue weighted by atomic mass is 19.4. The third kappa shape index (κ3) is 5.40. The smallest absolute Gasteiger partial charge is 0.353 e. The number of amides is 3. The SMILES string of the molecule is C[C@H](NC(=O)N1CCN(c2ccccn2)CC1)C(=O)Nc1cccc(C(F)(F)F)c1. The fraction of sp³-hybridized carbons (Fsp3) is 0.350. The topological polar surface area (TPSA) is 77.6 Å². The van der Waals surface area contributed by atoms with E-state index in [9.17, 15) is 22.8 Å². The molecule has 0 bridgehead atoms. The van der Waals surface area contributed by atoms with Crippen molar-refractivity contribution in [3.8, 4) is 0 Å². The molecule has 0 aliphatic carbocycles. The largest absolute Gasteiger partial charge is 0.416 e. The van der Waals surface area contributed by atoms with Gasteiger partial charge in [-0.1, -0.05) is 12.1 Å². The average Bonchev–Trinajstić information content (AvgIpc) is 2.74. The quantitative estimate of drug-likeness (QED) is 0.796. The van der Waals surface area contributed by atoms with Crippen LogP contribution in [0.25, 0.3) is 0 Å². The molecule has 0 saturated carbocycles. The van der Waals surface area contributed by atoms with Gasteiger partial charge in [0.2, 0.25) is 5.91 Å². The van der Waals surface area contributed by atoms with Crippen LogP contribution in [-0.2, 0) is 11.0 Å². The van der Waals surface area contributed by atoms with Crippen LogP contribution in [-0.4, -0.2) is 54.0 Å². The van der Waals surface area contributed by atoms with Crippen molar-refractivity contribution in [3.05, 3.63) is 54.2 Å². The number of carbonyl (C=O) groups is 2. The molecule has 1 atom stereocenters. The number of nitrogens with zero attached hydrogens (tertiary/aromatic N) is 3. The maximum absolute atomic E-state index is 12.8. The van der Waals surface area contributed by atoms with Crippen molar-refractivity contribution >= 4 is 23.4 Å². The summed E-state index contributed by atoms with van der Waals surface area (Å²) in [4.78, 5) is 32.7. The molecule has 1 aromatic carbocycles. The summed E-state index contributed by atoms with van der Waals surface area (Å²) in [7, 11) is 0. The van der Waals surface area contributed by atoms with Crippen molar-refractivity contribution in [3.63, 3.8) is 0 Å². The molecule has 2 aromatic rings. The summed E-state index contributed by atoms with van der Waals surface area (Å²) >= 11 is 0. The molecule has 3 rings (SSSR count). The third-order valence-corrected chi connectivity index (χ3v) is 4.73. The van der Waals surface area contributed by atoms with Crippen LogP contribution in [0.4, 0.5) is 29.5 Å². The minimum atomic E-state index is -4.50. The van der Waals surface area contributed by atoms with Gasteiger partial charge in [0.25, 0.3) is 0 Å². The first-order chi connectivity index (χ1) is 14.2. The lowest BCUT2D eigenvalue weighted by molar-refractivity contribution is -0.137. The second-order valence-corrected chi connectivity index (χ2v) is 6.90. The predicted molar refractivity (Wildman–Crippen MR) is 106 cm³/mol. The number of hydrogen-bond acceptors (Lipinski definition) is 4. The zero-order chi connectivity index (χ0) is 21.7. The lowest BCUT2D eigenvalue weighted by atomic mass is 10.2. The number of nitrogens with one attached hydrogen (secondary N) is 2. The van der Waals surface area contributed by atoms with E-state index in [1.165, 1.54) is 19.1 Å². The number of benzene rings is 1. The molecule has 10 heteroatoms. The van der Waals surface area contributed by atoms with Gasteiger partial charge in [-0.3, -0.25) is 4.79 Å². The van der Waals surface area contributed by atoms with Crippen LogP contribution < -0.4 is 15.5 Å². The molecule has 1 aliphatic rings. The van der Waals surface area contributed by atoms with Crippen LogP contribution in [0.15, 0.2) is 48.7 Å². The van der Waals surface area contributed by atoms with Crippen LogP contribution in [0.1, 0.15) is 12.5 Å². The molecular weight excluding hydrogens is 399 g/mol. The van der Waals surface area contributed by atoms with Crippen LogP contribution in [0.3, 0.4) is 0 Å². The maximum atomic E-state index is 12.8. The molecule has 30 heavy (non-hydrogen) atoms. The standard InChI is InChI=1S/C20H22F3N5O2/c1-14(18(29)26-16-6-4-5-15(13-16)20(21,22)23)25-19(30)28-11-9-27(10-12-28)17-7-2-3-8-24-17/h2-8,13-14H,9-12H2,1H3,(H,25,30)(H,26,29)/t14-/m0/s1. The average molecular weight is 421 g/mol. The molecule has 2 N–H and O–H groups in total. The zero-order valence-electron chi connectivity index (χ0n) is 16.3. The Kier molecular flexibility index (Phi) is 6.43. The number of urea groups is 1. The van der Waals surface area contributed by atoms with Gasteiger partial charge in [0, 0.05) is 38.1 Å². The fourth-order valence-corrected chi connectivity index (χ4v) is 3.05. The third-order valence-electron chi connectivity index (χ3n) is 4.73. The number of carbonyl (C=O) groups excluding carboxylic acids is 2. The molecule has 1 aromatic heterocycles. The minimum absolute atomic E-state index is 0.0138. The van der Waals surface area contributed by atoms with Crippen LogP contribution >= 0.6 is 0 Å². The summed E-state index contributed by atoms with van der Waals surface area (Å²) in [6.07, 6.45) is -2.79. The Morgan fingerprint density at radius 2 is 1.80 bits per heavy atom. The van der Waals surface area contributed by atoms with Gasteiger partial charge in [-0.05, 0) is 37.3 Å². The Morgan fingerprint density at radius 3 is 2.43 bits per heavy atom. The molecule has 1 aliphatic heterocycles. The molecule has 7 nitrogen and oxygen atoms in total. The molecule has 0 radical (unpaired) electrons. The van der Waals surface area contributed by atoms with Crippen molar-refractivity contribution in [2.45, 2.75) is 19.1 Å². The van der Waals surface area contributed by atoms with Crippen molar-refractivity contribution in [2.75, 3.05) is 36.4 Å². The van der Waals surface area contributed by atoms with Gasteiger partial charge in [0.15, 0.2) is 0 Å². The highest BCUT2D eigenvalue weighted by Crippen LogP contribution is 2.30. The summed E-state index contributed by atoms with van der Waals surface area (Å²) < 4.78 is 38.4. The number of pyridine rings is 1. The second-order valence-electron chi connectivity index (χ2n) is 6.90. The molecule has 1 fully saturated rings. The number of hydrogen-bond donors (Lipinski definition) is 2. The van der Waals surface area contributed by atoms with E-state index in [0.717, 1.165) is 18.0 Å². The van der Waals surface area contributed by atoms with Gasteiger partial charge in [-0.25, -0.2) is 9.78 Å². The molecule has 0 unspecified atom stereocenters. The number of halogens is 3. The number of anilines is 2. The van der Waals surface area contributed by atoms with Crippen molar-refractivity contribution in [1.29, 1.82) is 0 Å². The number of rotatable bonds is 4. The van der Waals surface area contributed by atoms with Crippen LogP contribution in [0, 0.1) is 0 Å². The Balaban J connectivity index is 1.50. The van der Waals surface area contributed by atoms with Crippen molar-refractivity contribution in [1.82, 2.24) is 15.2 Å². The van der Waals surface area contributed by atoms with Gasteiger partial charge in [0.05, 0.1) is 5.56 Å². The second kappa shape index (κ2) is 9.02.